The van der Waals surface area contributed by atoms with Gasteiger partial charge in [-0.15, -0.1) is 0 Å². The summed E-state index contributed by atoms with van der Waals surface area (Å²) < 4.78 is 12.6. The molecule has 1 rings (SSSR count). The van der Waals surface area contributed by atoms with Crippen LogP contribution in [0.15, 0.2) is 24.3 Å². The molecule has 0 saturated carbocycles. The van der Waals surface area contributed by atoms with Crippen LogP contribution in [-0.4, -0.2) is 12.2 Å². The minimum atomic E-state index is -0.225. The summed E-state index contributed by atoms with van der Waals surface area (Å²) in [5.74, 6) is -0.225. The van der Waals surface area contributed by atoms with Crippen molar-refractivity contribution in [1.29, 1.82) is 0 Å². The fourth-order valence-corrected chi connectivity index (χ4v) is 1.28. The fourth-order valence-electron chi connectivity index (χ4n) is 1.10. The molecule has 0 saturated heterocycles. The number of thiocarbonyl (C=S) groups is 1. The molecule has 0 unspecified atom stereocenters. The maximum atomic E-state index is 12.6. The lowest BCUT2D eigenvalue weighted by Crippen LogP contribution is -2.34. The summed E-state index contributed by atoms with van der Waals surface area (Å²) in [5.41, 5.74) is 1.00. The highest BCUT2D eigenvalue weighted by molar-refractivity contribution is 7.80. The highest BCUT2D eigenvalue weighted by Gasteiger charge is 2.05. The van der Waals surface area contributed by atoms with E-state index in [1.54, 1.807) is 19.2 Å². The fraction of sp³-hybridized carbons (Fsp3) is 0.300. The van der Waals surface area contributed by atoms with Crippen LogP contribution in [0, 0.1) is 5.82 Å². The van der Waals surface area contributed by atoms with E-state index in [1.165, 1.54) is 12.1 Å². The Balaban J connectivity index is 2.65. The minimum absolute atomic E-state index is 0.0792. The van der Waals surface area contributed by atoms with Gasteiger partial charge in [0.25, 0.3) is 0 Å². The first-order valence-corrected chi connectivity index (χ1v) is 4.78. The van der Waals surface area contributed by atoms with E-state index in [0.717, 1.165) is 5.56 Å². The van der Waals surface area contributed by atoms with Gasteiger partial charge < -0.3 is 10.6 Å². The Morgan fingerprint density at radius 2 is 1.93 bits per heavy atom. The predicted molar refractivity (Wildman–Crippen MR) is 59.6 cm³/mol. The first-order valence-electron chi connectivity index (χ1n) is 4.37. The van der Waals surface area contributed by atoms with Gasteiger partial charge in [0.05, 0.1) is 6.04 Å². The summed E-state index contributed by atoms with van der Waals surface area (Å²) >= 11 is 4.96. The molecule has 0 aromatic heterocycles. The number of nitrogens with one attached hydrogen (secondary N) is 2. The molecule has 1 aromatic rings. The molecular weight excluding hydrogens is 199 g/mol. The Labute approximate surface area is 88.5 Å². The molecule has 14 heavy (non-hydrogen) atoms. The second kappa shape index (κ2) is 4.91. The van der Waals surface area contributed by atoms with Crippen LogP contribution in [0.25, 0.3) is 0 Å². The van der Waals surface area contributed by atoms with E-state index in [4.69, 9.17) is 12.2 Å². The van der Waals surface area contributed by atoms with Gasteiger partial charge in [0.2, 0.25) is 0 Å². The van der Waals surface area contributed by atoms with Crippen molar-refractivity contribution in [2.75, 3.05) is 7.05 Å². The topological polar surface area (TPSA) is 24.1 Å². The van der Waals surface area contributed by atoms with Crippen LogP contribution >= 0.6 is 12.2 Å². The van der Waals surface area contributed by atoms with Crippen molar-refractivity contribution in [1.82, 2.24) is 10.6 Å². The molecule has 0 fully saturated rings. The van der Waals surface area contributed by atoms with Crippen molar-refractivity contribution in [3.8, 4) is 0 Å². The van der Waals surface area contributed by atoms with Gasteiger partial charge in [-0.2, -0.15) is 0 Å². The van der Waals surface area contributed by atoms with E-state index in [1.807, 2.05) is 6.92 Å². The molecule has 1 aromatic carbocycles. The van der Waals surface area contributed by atoms with Gasteiger partial charge in [-0.1, -0.05) is 12.1 Å². The Kier molecular flexibility index (Phi) is 3.83. The molecule has 0 heterocycles. The van der Waals surface area contributed by atoms with Crippen LogP contribution in [0.1, 0.15) is 18.5 Å². The van der Waals surface area contributed by atoms with Crippen molar-refractivity contribution in [3.63, 3.8) is 0 Å². The van der Waals surface area contributed by atoms with Crippen LogP contribution in [0.3, 0.4) is 0 Å². The lowest BCUT2D eigenvalue weighted by atomic mass is 10.1. The number of benzene rings is 1. The molecule has 0 spiro atoms. The molecule has 76 valence electrons. The van der Waals surface area contributed by atoms with Crippen molar-refractivity contribution in [2.24, 2.45) is 0 Å². The molecule has 0 aliphatic heterocycles. The third-order valence-electron chi connectivity index (χ3n) is 1.94. The average molecular weight is 212 g/mol. The monoisotopic (exact) mass is 212 g/mol. The van der Waals surface area contributed by atoms with E-state index in [0.29, 0.717) is 5.11 Å². The summed E-state index contributed by atoms with van der Waals surface area (Å²) in [6.07, 6.45) is 0. The van der Waals surface area contributed by atoms with Crippen LogP contribution < -0.4 is 10.6 Å². The lowest BCUT2D eigenvalue weighted by molar-refractivity contribution is 0.624. The SMILES string of the molecule is CNC(=S)N[C@@H](C)c1ccc(F)cc1. The number of halogens is 1. The number of rotatable bonds is 2. The zero-order chi connectivity index (χ0) is 10.6. The Morgan fingerprint density at radius 3 is 2.43 bits per heavy atom. The van der Waals surface area contributed by atoms with E-state index in [9.17, 15) is 4.39 Å². The smallest absolute Gasteiger partial charge is 0.166 e. The standard InChI is InChI=1S/C10H13FN2S/c1-7(13-10(14)12-2)8-3-5-9(11)6-4-8/h3-7H,1-2H3,(H2,12,13,14)/t7-/m0/s1. The van der Waals surface area contributed by atoms with Crippen LogP contribution in [0.5, 0.6) is 0 Å². The highest BCUT2D eigenvalue weighted by atomic mass is 32.1. The van der Waals surface area contributed by atoms with Gasteiger partial charge in [-0.05, 0) is 36.8 Å². The largest absolute Gasteiger partial charge is 0.366 e. The van der Waals surface area contributed by atoms with Gasteiger partial charge in [0.1, 0.15) is 5.82 Å². The van der Waals surface area contributed by atoms with Gasteiger partial charge in [0.15, 0.2) is 5.11 Å². The normalized spacial score (nSPS) is 11.9. The van der Waals surface area contributed by atoms with E-state index in [2.05, 4.69) is 10.6 Å². The zero-order valence-electron chi connectivity index (χ0n) is 8.17. The maximum Gasteiger partial charge on any atom is 0.166 e. The van der Waals surface area contributed by atoms with Crippen LogP contribution in [0.2, 0.25) is 0 Å². The molecule has 1 atom stereocenters. The van der Waals surface area contributed by atoms with Gasteiger partial charge in [-0.3, -0.25) is 0 Å². The average Bonchev–Trinajstić information content (AvgIpc) is 2.18. The lowest BCUT2D eigenvalue weighted by Gasteiger charge is -2.15. The predicted octanol–water partition coefficient (Wildman–Crippen LogP) is 1.98. The zero-order valence-corrected chi connectivity index (χ0v) is 8.99. The molecular formula is C10H13FN2S. The van der Waals surface area contributed by atoms with Crippen molar-refractivity contribution in [2.45, 2.75) is 13.0 Å². The van der Waals surface area contributed by atoms with Gasteiger partial charge in [0, 0.05) is 7.05 Å². The first kappa shape index (κ1) is 10.9. The van der Waals surface area contributed by atoms with Gasteiger partial charge in [-0.25, -0.2) is 4.39 Å². The van der Waals surface area contributed by atoms with Crippen molar-refractivity contribution < 1.29 is 4.39 Å². The Morgan fingerprint density at radius 1 is 1.36 bits per heavy atom. The number of hydrogen-bond acceptors (Lipinski definition) is 1. The number of hydrogen-bond donors (Lipinski definition) is 2. The van der Waals surface area contributed by atoms with Crippen LogP contribution in [-0.2, 0) is 0 Å². The van der Waals surface area contributed by atoms with Crippen molar-refractivity contribution >= 4 is 17.3 Å². The van der Waals surface area contributed by atoms with E-state index >= 15 is 0 Å². The Hall–Kier alpha value is -1.16. The molecule has 0 radical (unpaired) electrons. The molecule has 0 aliphatic rings. The summed E-state index contributed by atoms with van der Waals surface area (Å²) in [5, 5.41) is 6.47. The van der Waals surface area contributed by atoms with E-state index in [-0.39, 0.29) is 11.9 Å². The minimum Gasteiger partial charge on any atom is -0.366 e. The first-order chi connectivity index (χ1) is 6.63. The molecule has 2 N–H and O–H groups in total. The molecule has 0 aliphatic carbocycles. The Bertz CT molecular complexity index is 310. The van der Waals surface area contributed by atoms with Crippen molar-refractivity contribution in [3.05, 3.63) is 35.6 Å². The quantitative estimate of drug-likeness (QED) is 0.733. The van der Waals surface area contributed by atoms with Crippen LogP contribution in [0.4, 0.5) is 4.39 Å². The summed E-state index contributed by atoms with van der Waals surface area (Å²) in [6, 6.07) is 6.44. The summed E-state index contributed by atoms with van der Waals surface area (Å²) in [4.78, 5) is 0. The summed E-state index contributed by atoms with van der Waals surface area (Å²) in [6.45, 7) is 1.97. The summed E-state index contributed by atoms with van der Waals surface area (Å²) in [7, 11) is 1.76. The van der Waals surface area contributed by atoms with E-state index < -0.39 is 0 Å². The molecule has 0 amide bonds. The molecule has 4 heteroatoms. The second-order valence-electron chi connectivity index (χ2n) is 3.00. The third kappa shape index (κ3) is 2.96. The molecule has 0 bridgehead atoms. The highest BCUT2D eigenvalue weighted by Crippen LogP contribution is 2.12. The third-order valence-corrected chi connectivity index (χ3v) is 2.27. The van der Waals surface area contributed by atoms with Gasteiger partial charge >= 0.3 is 0 Å². The molecule has 2 nitrogen and oxygen atoms in total. The second-order valence-corrected chi connectivity index (χ2v) is 3.40. The maximum absolute atomic E-state index is 12.6.